The molecule has 0 radical (unpaired) electrons. The summed E-state index contributed by atoms with van der Waals surface area (Å²) >= 11 is 7.81. The van der Waals surface area contributed by atoms with E-state index in [0.717, 1.165) is 85.0 Å². The molecule has 5 N–H and O–H groups in total. The third-order valence-electron chi connectivity index (χ3n) is 11.1. The first-order valence-corrected chi connectivity index (χ1v) is 22.9. The highest BCUT2D eigenvalue weighted by Gasteiger charge is 2.44. The Kier molecular flexibility index (Phi) is 16.8. The minimum Gasteiger partial charge on any atom is -0.391 e. The van der Waals surface area contributed by atoms with Crippen LogP contribution in [0.25, 0.3) is 10.4 Å². The van der Waals surface area contributed by atoms with E-state index in [1.165, 1.54) is 11.1 Å². The molecule has 3 atom stereocenters. The summed E-state index contributed by atoms with van der Waals surface area (Å²) in [6, 6.07) is 9.44. The van der Waals surface area contributed by atoms with Crippen LogP contribution in [0.3, 0.4) is 0 Å². The van der Waals surface area contributed by atoms with Crippen molar-refractivity contribution >= 4 is 58.1 Å². The van der Waals surface area contributed by atoms with Gasteiger partial charge in [-0.15, -0.1) is 11.3 Å². The first-order chi connectivity index (χ1) is 30.6. The number of likely N-dealkylation sites (tertiary alicyclic amines) is 1. The van der Waals surface area contributed by atoms with Crippen LogP contribution in [-0.2, 0) is 34.0 Å². The number of thiazole rings is 1. The summed E-state index contributed by atoms with van der Waals surface area (Å²) in [5.41, 5.74) is 4.95. The van der Waals surface area contributed by atoms with E-state index in [0.29, 0.717) is 12.1 Å². The van der Waals surface area contributed by atoms with Gasteiger partial charge in [0.25, 0.3) is 0 Å². The Morgan fingerprint density at radius 1 is 0.969 bits per heavy atom. The molecule has 14 nitrogen and oxygen atoms in total. The number of β-amino-alcohol motifs (C(OH)–C–C–N with tert-alkyl or cyclic N) is 1. The molecule has 18 heteroatoms. The minimum absolute atomic E-state index is 0.0124. The Bertz CT molecular complexity index is 2350. The normalized spacial score (nSPS) is 15.5. The molecule has 4 heterocycles. The highest BCUT2D eigenvalue weighted by molar-refractivity contribution is 7.13. The molecular weight excluding hydrogens is 862 g/mol. The number of amides is 3. The van der Waals surface area contributed by atoms with Gasteiger partial charge in [0.15, 0.2) is 5.82 Å². The zero-order valence-electron chi connectivity index (χ0n) is 36.7. The summed E-state index contributed by atoms with van der Waals surface area (Å²) in [6.07, 6.45) is 11.1. The molecule has 1 aliphatic heterocycles. The maximum Gasteiger partial charge on any atom is 0.246 e. The van der Waals surface area contributed by atoms with E-state index in [-0.39, 0.29) is 72.5 Å². The fourth-order valence-corrected chi connectivity index (χ4v) is 8.51. The van der Waals surface area contributed by atoms with Crippen molar-refractivity contribution in [2.24, 2.45) is 5.41 Å². The quantitative estimate of drug-likeness (QED) is 0.0450. The van der Waals surface area contributed by atoms with Crippen molar-refractivity contribution in [1.29, 1.82) is 0 Å². The van der Waals surface area contributed by atoms with Crippen molar-refractivity contribution in [2.75, 3.05) is 17.2 Å². The molecule has 0 bridgehead atoms. The number of halogens is 3. The largest absolute Gasteiger partial charge is 0.391 e. The molecule has 5 aromatic rings. The van der Waals surface area contributed by atoms with Crippen LogP contribution in [0.2, 0.25) is 5.02 Å². The Balaban J connectivity index is 0.863. The number of aliphatic hydroxyl groups excluding tert-OH is 1. The maximum absolute atomic E-state index is 14.0. The number of anilines is 3. The summed E-state index contributed by atoms with van der Waals surface area (Å²) in [7, 11) is 0. The number of aryl methyl sites for hydroxylation is 2. The maximum atomic E-state index is 14.0. The van der Waals surface area contributed by atoms with Crippen molar-refractivity contribution in [3.63, 3.8) is 0 Å². The van der Waals surface area contributed by atoms with E-state index in [4.69, 9.17) is 11.6 Å². The second-order valence-electron chi connectivity index (χ2n) is 17.3. The molecule has 342 valence electrons. The van der Waals surface area contributed by atoms with Crippen LogP contribution in [0.15, 0.2) is 66.6 Å². The van der Waals surface area contributed by atoms with E-state index in [1.54, 1.807) is 17.5 Å². The predicted octanol–water partition coefficient (Wildman–Crippen LogP) is 8.32. The van der Waals surface area contributed by atoms with E-state index >= 15 is 0 Å². The molecule has 64 heavy (non-hydrogen) atoms. The first kappa shape index (κ1) is 47.9. The van der Waals surface area contributed by atoms with E-state index in [9.17, 15) is 28.3 Å². The molecule has 1 saturated heterocycles. The summed E-state index contributed by atoms with van der Waals surface area (Å²) in [4.78, 5) is 56.0. The van der Waals surface area contributed by atoms with Crippen molar-refractivity contribution in [3.8, 4) is 10.4 Å². The average Bonchev–Trinajstić information content (AvgIpc) is 4.01. The SMILES string of the molecule is Cc1ncsc1-c1ccc(CNC(=O)C2CC(O)CN2C(=O)C(NC(=O)CCCCCCCCCn2cc(Nc3ncc(Cl)c(NCc4cc(F)ccc4F)n3)cn2)C(C)(C)C)cc1. The van der Waals surface area contributed by atoms with Crippen LogP contribution >= 0.6 is 22.9 Å². The van der Waals surface area contributed by atoms with Gasteiger partial charge in [-0.05, 0) is 54.5 Å². The topological polar surface area (TPSA) is 179 Å². The summed E-state index contributed by atoms with van der Waals surface area (Å²) in [5, 5.41) is 27.1. The third kappa shape index (κ3) is 13.5. The number of rotatable bonds is 21. The lowest BCUT2D eigenvalue weighted by Gasteiger charge is -2.35. The van der Waals surface area contributed by atoms with Crippen molar-refractivity contribution in [2.45, 2.75) is 123 Å². The molecule has 0 aliphatic carbocycles. The van der Waals surface area contributed by atoms with E-state index < -0.39 is 35.2 Å². The van der Waals surface area contributed by atoms with Gasteiger partial charge in [-0.2, -0.15) is 10.1 Å². The van der Waals surface area contributed by atoms with Gasteiger partial charge in [0.1, 0.15) is 28.7 Å². The monoisotopic (exact) mass is 918 g/mol. The molecule has 2 aromatic carbocycles. The first-order valence-electron chi connectivity index (χ1n) is 21.7. The fourth-order valence-electron chi connectivity index (χ4n) is 7.55. The standard InChI is InChI=1S/C46H57ClF2N10O4S/c1-29-40(64-28-53-29)31-15-13-30(14-16-31)22-51-43(62)38-21-35(60)27-59(38)44(63)41(46(2,3)4)56-39(61)12-10-8-6-5-7-9-11-19-58-26-34(24-54-58)55-45-52-25-36(47)42(57-45)50-23-32-20-33(48)17-18-37(32)49/h13-18,20,24-26,28,35,38,41,60H,5-12,19,21-23,27H2,1-4H3,(H,51,62)(H,56,61)(H2,50,52,55,57). The van der Waals surface area contributed by atoms with Gasteiger partial charge >= 0.3 is 0 Å². The van der Waals surface area contributed by atoms with Crippen molar-refractivity contribution in [1.82, 2.24) is 40.3 Å². The van der Waals surface area contributed by atoms with Crippen LogP contribution in [0.5, 0.6) is 0 Å². The van der Waals surface area contributed by atoms with Crippen molar-refractivity contribution < 1.29 is 28.3 Å². The van der Waals surface area contributed by atoms with Crippen LogP contribution in [0.1, 0.15) is 95.4 Å². The van der Waals surface area contributed by atoms with Gasteiger partial charge in [0.05, 0.1) is 40.3 Å². The summed E-state index contributed by atoms with van der Waals surface area (Å²) in [5.74, 6) is -1.47. The number of nitrogens with one attached hydrogen (secondary N) is 4. The van der Waals surface area contributed by atoms with Gasteiger partial charge in [-0.1, -0.05) is 88.7 Å². The van der Waals surface area contributed by atoms with Crippen LogP contribution in [0.4, 0.5) is 26.2 Å². The number of unbranched alkanes of at least 4 members (excludes halogenated alkanes) is 6. The second-order valence-corrected chi connectivity index (χ2v) is 18.5. The zero-order chi connectivity index (χ0) is 45.8. The van der Waals surface area contributed by atoms with Gasteiger partial charge in [0, 0.05) is 50.8 Å². The molecule has 3 amide bonds. The Labute approximate surface area is 381 Å². The number of aromatic nitrogens is 5. The molecule has 1 aliphatic rings. The lowest BCUT2D eigenvalue weighted by molar-refractivity contribution is -0.144. The zero-order valence-corrected chi connectivity index (χ0v) is 38.2. The molecule has 1 fully saturated rings. The van der Waals surface area contributed by atoms with Gasteiger partial charge in [-0.25, -0.2) is 18.7 Å². The Hall–Kier alpha value is -5.52. The number of hydrogen-bond donors (Lipinski definition) is 5. The smallest absolute Gasteiger partial charge is 0.246 e. The number of carbonyl (C=O) groups is 3. The Morgan fingerprint density at radius 3 is 2.42 bits per heavy atom. The number of benzene rings is 2. The number of nitrogens with zero attached hydrogens (tertiary/aromatic N) is 6. The van der Waals surface area contributed by atoms with Gasteiger partial charge < -0.3 is 31.3 Å². The highest BCUT2D eigenvalue weighted by Crippen LogP contribution is 2.29. The molecule has 0 saturated carbocycles. The Morgan fingerprint density at radius 2 is 1.70 bits per heavy atom. The lowest BCUT2D eigenvalue weighted by Crippen LogP contribution is -2.57. The number of hydrogen-bond acceptors (Lipinski definition) is 11. The van der Waals surface area contributed by atoms with E-state index in [1.807, 2.05) is 68.3 Å². The summed E-state index contributed by atoms with van der Waals surface area (Å²) in [6.45, 7) is 8.63. The minimum atomic E-state index is -0.863. The van der Waals surface area contributed by atoms with Crippen LogP contribution in [-0.4, -0.2) is 77.2 Å². The van der Waals surface area contributed by atoms with Crippen molar-refractivity contribution in [3.05, 3.63) is 100 Å². The lowest BCUT2D eigenvalue weighted by atomic mass is 9.85. The third-order valence-corrected chi connectivity index (χ3v) is 12.3. The molecule has 3 aromatic heterocycles. The molecular formula is C46H57ClF2N10O4S. The molecule has 3 unspecified atom stereocenters. The average molecular weight is 920 g/mol. The fraction of sp³-hybridized carbons (Fsp3) is 0.457. The van der Waals surface area contributed by atoms with E-state index in [2.05, 4.69) is 41.3 Å². The second kappa shape index (κ2) is 22.4. The predicted molar refractivity (Wildman–Crippen MR) is 245 cm³/mol. The van der Waals surface area contributed by atoms with Gasteiger partial charge in [-0.3, -0.25) is 19.1 Å². The summed E-state index contributed by atoms with van der Waals surface area (Å²) < 4.78 is 29.4. The molecule has 0 spiro atoms. The molecule has 6 rings (SSSR count). The number of aliphatic hydroxyl groups is 1. The highest BCUT2D eigenvalue weighted by atomic mass is 35.5. The van der Waals surface area contributed by atoms with Crippen LogP contribution < -0.4 is 21.3 Å². The van der Waals surface area contributed by atoms with Gasteiger partial charge in [0.2, 0.25) is 23.7 Å². The number of carbonyl (C=O) groups excluding carboxylic acids is 3. The van der Waals surface area contributed by atoms with Crippen LogP contribution in [0, 0.1) is 24.0 Å².